The normalized spacial score (nSPS) is 16.5. The number of thiophene rings is 1. The van der Waals surface area contributed by atoms with E-state index in [4.69, 9.17) is 4.98 Å². The number of hydrogen-bond donors (Lipinski definition) is 0. The van der Waals surface area contributed by atoms with Crippen molar-refractivity contribution in [2.24, 2.45) is 0 Å². The molecule has 156 valence electrons. The Hall–Kier alpha value is -2.80. The maximum Gasteiger partial charge on any atom is 0.264 e. The van der Waals surface area contributed by atoms with E-state index in [-0.39, 0.29) is 11.9 Å². The summed E-state index contributed by atoms with van der Waals surface area (Å²) in [5.41, 5.74) is 5.16. The number of nitrogens with zero attached hydrogens (tertiary/aromatic N) is 5. The highest BCUT2D eigenvalue weighted by Gasteiger charge is 2.33. The van der Waals surface area contributed by atoms with Gasteiger partial charge in [0.25, 0.3) is 5.91 Å². The van der Waals surface area contributed by atoms with Crippen LogP contribution in [0.1, 0.15) is 51.8 Å². The van der Waals surface area contributed by atoms with E-state index in [0.717, 1.165) is 58.6 Å². The van der Waals surface area contributed by atoms with Crippen LogP contribution in [0.4, 0.5) is 5.95 Å². The molecule has 1 aliphatic rings. The lowest BCUT2D eigenvalue weighted by Crippen LogP contribution is -2.39. The van der Waals surface area contributed by atoms with Gasteiger partial charge in [-0.25, -0.2) is 9.97 Å². The van der Waals surface area contributed by atoms with E-state index < -0.39 is 0 Å². The van der Waals surface area contributed by atoms with E-state index in [0.29, 0.717) is 5.95 Å². The Morgan fingerprint density at radius 2 is 2.03 bits per heavy atom. The van der Waals surface area contributed by atoms with Crippen LogP contribution in [-0.2, 0) is 0 Å². The van der Waals surface area contributed by atoms with Gasteiger partial charge in [-0.05, 0) is 67.3 Å². The van der Waals surface area contributed by atoms with E-state index in [2.05, 4.69) is 9.97 Å². The molecule has 0 bridgehead atoms. The highest BCUT2D eigenvalue weighted by atomic mass is 32.1. The Bertz CT molecular complexity index is 1060. The van der Waals surface area contributed by atoms with Crippen molar-refractivity contribution in [3.8, 4) is 11.1 Å². The van der Waals surface area contributed by atoms with Crippen molar-refractivity contribution >= 4 is 23.2 Å². The second-order valence-corrected chi connectivity index (χ2v) is 8.96. The second kappa shape index (κ2) is 8.52. The summed E-state index contributed by atoms with van der Waals surface area (Å²) in [7, 11) is 3.88. The number of amides is 1. The van der Waals surface area contributed by atoms with Crippen molar-refractivity contribution in [1.82, 2.24) is 19.9 Å². The molecule has 1 saturated heterocycles. The fraction of sp³-hybridized carbons (Fsp3) is 0.391. The summed E-state index contributed by atoms with van der Waals surface area (Å²) in [5, 5.41) is 2.03. The minimum Gasteiger partial charge on any atom is -0.347 e. The molecule has 0 aromatic carbocycles. The zero-order valence-corrected chi connectivity index (χ0v) is 18.7. The maximum absolute atomic E-state index is 13.4. The highest BCUT2D eigenvalue weighted by Crippen LogP contribution is 2.38. The molecule has 0 N–H and O–H groups in total. The number of carbonyl (C=O) groups is 1. The maximum atomic E-state index is 13.4. The van der Waals surface area contributed by atoms with Gasteiger partial charge < -0.3 is 9.80 Å². The van der Waals surface area contributed by atoms with Crippen LogP contribution in [0.2, 0.25) is 0 Å². The summed E-state index contributed by atoms with van der Waals surface area (Å²) in [6.07, 6.45) is 8.54. The summed E-state index contributed by atoms with van der Waals surface area (Å²) < 4.78 is 0. The second-order valence-electron chi connectivity index (χ2n) is 8.05. The minimum absolute atomic E-state index is 0.0714. The van der Waals surface area contributed by atoms with Crippen molar-refractivity contribution < 1.29 is 4.79 Å². The van der Waals surface area contributed by atoms with Crippen LogP contribution in [0.15, 0.2) is 36.1 Å². The third-order valence-electron chi connectivity index (χ3n) is 5.54. The number of piperidine rings is 1. The van der Waals surface area contributed by atoms with Crippen molar-refractivity contribution in [1.29, 1.82) is 0 Å². The van der Waals surface area contributed by atoms with Crippen LogP contribution in [-0.4, -0.2) is 46.4 Å². The molecule has 7 heteroatoms. The fourth-order valence-electron chi connectivity index (χ4n) is 3.98. The molecule has 1 fully saturated rings. The van der Waals surface area contributed by atoms with E-state index in [9.17, 15) is 4.79 Å². The molecule has 0 saturated carbocycles. The van der Waals surface area contributed by atoms with Gasteiger partial charge in [-0.1, -0.05) is 0 Å². The van der Waals surface area contributed by atoms with Crippen LogP contribution in [0.25, 0.3) is 11.1 Å². The molecule has 1 amide bonds. The van der Waals surface area contributed by atoms with Crippen LogP contribution in [0, 0.1) is 13.8 Å². The first-order valence-electron chi connectivity index (χ1n) is 10.3. The zero-order chi connectivity index (χ0) is 21.3. The molecule has 6 nitrogen and oxygen atoms in total. The topological polar surface area (TPSA) is 62.2 Å². The van der Waals surface area contributed by atoms with Crippen molar-refractivity contribution in [3.05, 3.63) is 57.8 Å². The highest BCUT2D eigenvalue weighted by molar-refractivity contribution is 7.12. The number of likely N-dealkylation sites (tertiary alicyclic amines) is 1. The third-order valence-corrected chi connectivity index (χ3v) is 6.57. The number of aryl methyl sites for hydroxylation is 2. The van der Waals surface area contributed by atoms with Gasteiger partial charge in [-0.3, -0.25) is 9.78 Å². The van der Waals surface area contributed by atoms with Gasteiger partial charge in [-0.2, -0.15) is 0 Å². The molecule has 30 heavy (non-hydrogen) atoms. The van der Waals surface area contributed by atoms with E-state index in [1.165, 1.54) is 11.3 Å². The van der Waals surface area contributed by atoms with Gasteiger partial charge in [0.1, 0.15) is 0 Å². The molecule has 3 aromatic heterocycles. The van der Waals surface area contributed by atoms with Crippen molar-refractivity contribution in [2.45, 2.75) is 39.2 Å². The van der Waals surface area contributed by atoms with Gasteiger partial charge in [0.05, 0.1) is 16.6 Å². The zero-order valence-electron chi connectivity index (χ0n) is 17.9. The van der Waals surface area contributed by atoms with Gasteiger partial charge in [0, 0.05) is 44.8 Å². The molecular formula is C23H27N5OS. The van der Waals surface area contributed by atoms with Crippen molar-refractivity contribution in [2.75, 3.05) is 25.5 Å². The lowest BCUT2D eigenvalue weighted by Gasteiger charge is -2.36. The van der Waals surface area contributed by atoms with Gasteiger partial charge in [0.2, 0.25) is 5.95 Å². The monoisotopic (exact) mass is 421 g/mol. The Morgan fingerprint density at radius 1 is 1.20 bits per heavy atom. The Balaban J connectivity index is 1.82. The number of aromatic nitrogens is 3. The quantitative estimate of drug-likeness (QED) is 0.614. The number of hydrogen-bond acceptors (Lipinski definition) is 6. The number of carbonyl (C=O) groups excluding carboxylic acids is 1. The molecular weight excluding hydrogens is 394 g/mol. The molecule has 0 unspecified atom stereocenters. The summed E-state index contributed by atoms with van der Waals surface area (Å²) in [4.78, 5) is 31.9. The van der Waals surface area contributed by atoms with Crippen LogP contribution < -0.4 is 4.90 Å². The van der Waals surface area contributed by atoms with Crippen LogP contribution in [0.5, 0.6) is 0 Å². The predicted molar refractivity (Wildman–Crippen MR) is 121 cm³/mol. The first kappa shape index (κ1) is 20.5. The summed E-state index contributed by atoms with van der Waals surface area (Å²) >= 11 is 1.52. The van der Waals surface area contributed by atoms with Crippen LogP contribution in [0.3, 0.4) is 0 Å². The van der Waals surface area contributed by atoms with E-state index in [1.807, 2.05) is 67.6 Å². The van der Waals surface area contributed by atoms with Gasteiger partial charge >= 0.3 is 0 Å². The standard InChI is InChI=1S/C23H27N5OS/c1-15-11-20(30-14-15)22(29)28-10-6-5-7-19(28)21-18(13-25-23(26-21)27(3)4)17-8-9-24-12-16(17)2/h8-9,11-14,19H,5-7,10H2,1-4H3/t19-/m0/s1. The summed E-state index contributed by atoms with van der Waals surface area (Å²) in [6, 6.07) is 3.92. The van der Waals surface area contributed by atoms with E-state index in [1.54, 1.807) is 6.20 Å². The van der Waals surface area contributed by atoms with Crippen LogP contribution >= 0.6 is 11.3 Å². The SMILES string of the molecule is Cc1csc(C(=O)N2CCCC[C@H]2c2nc(N(C)C)ncc2-c2ccncc2C)c1. The van der Waals surface area contributed by atoms with Gasteiger partial charge in [0.15, 0.2) is 0 Å². The average Bonchev–Trinajstić information content (AvgIpc) is 3.19. The average molecular weight is 422 g/mol. The number of anilines is 1. The predicted octanol–water partition coefficient (Wildman–Crippen LogP) is 4.65. The molecule has 1 aliphatic heterocycles. The molecule has 4 rings (SSSR count). The lowest BCUT2D eigenvalue weighted by molar-refractivity contribution is 0.0612. The Morgan fingerprint density at radius 3 is 2.73 bits per heavy atom. The summed E-state index contributed by atoms with van der Waals surface area (Å²) in [5.74, 6) is 0.755. The molecule has 0 radical (unpaired) electrons. The van der Waals surface area contributed by atoms with Crippen molar-refractivity contribution in [3.63, 3.8) is 0 Å². The fourth-order valence-corrected chi connectivity index (χ4v) is 4.83. The lowest BCUT2D eigenvalue weighted by atomic mass is 9.92. The third kappa shape index (κ3) is 3.94. The smallest absolute Gasteiger partial charge is 0.264 e. The minimum atomic E-state index is -0.0714. The number of pyridine rings is 1. The Labute approximate surface area is 181 Å². The van der Waals surface area contributed by atoms with Gasteiger partial charge in [-0.15, -0.1) is 11.3 Å². The molecule has 1 atom stereocenters. The first-order chi connectivity index (χ1) is 14.5. The molecule has 0 spiro atoms. The summed E-state index contributed by atoms with van der Waals surface area (Å²) in [6.45, 7) is 4.82. The number of rotatable bonds is 4. The molecule has 4 heterocycles. The largest absolute Gasteiger partial charge is 0.347 e. The molecule has 0 aliphatic carbocycles. The van der Waals surface area contributed by atoms with E-state index >= 15 is 0 Å². The molecule has 3 aromatic rings. The Kier molecular flexibility index (Phi) is 5.81. The first-order valence-corrected chi connectivity index (χ1v) is 11.1.